The van der Waals surface area contributed by atoms with Crippen molar-refractivity contribution in [2.75, 3.05) is 47.1 Å². The average molecular weight is 838 g/mol. The topological polar surface area (TPSA) is 30.9 Å². The van der Waals surface area contributed by atoms with Crippen LogP contribution in [-0.2, 0) is 14.2 Å². The second kappa shape index (κ2) is 29.0. The van der Waals surface area contributed by atoms with Gasteiger partial charge in [0.05, 0.1) is 25.4 Å². The molecule has 0 amide bonds. The number of nitrogens with zero attached hydrogens (tertiary/aromatic N) is 1. The van der Waals surface area contributed by atoms with Crippen LogP contribution >= 0.6 is 0 Å². The summed E-state index contributed by atoms with van der Waals surface area (Å²) >= 11 is 0. The van der Waals surface area contributed by atoms with Crippen molar-refractivity contribution in [3.05, 3.63) is 23.8 Å². The summed E-state index contributed by atoms with van der Waals surface area (Å²) in [5.41, 5.74) is 2.78. The number of hydrogen-bond donors (Lipinski definition) is 0. The van der Waals surface area contributed by atoms with E-state index in [1.807, 2.05) is 0 Å². The smallest absolute Gasteiger partial charge is 0.0644 e. The Balaban J connectivity index is 0.976. The maximum absolute atomic E-state index is 6.59. The molecule has 0 radical (unpaired) electrons. The third-order valence-electron chi connectivity index (χ3n) is 16.9. The third kappa shape index (κ3) is 17.0. The summed E-state index contributed by atoms with van der Waals surface area (Å²) in [6.07, 6.45) is 47.0. The van der Waals surface area contributed by atoms with Crippen molar-refractivity contribution in [2.24, 2.45) is 46.3 Å². The highest BCUT2D eigenvalue weighted by Crippen LogP contribution is 2.67. The van der Waals surface area contributed by atoms with Gasteiger partial charge in [0.25, 0.3) is 0 Å². The Bertz CT molecular complexity index is 1160. The Hall–Kier alpha value is -0.680. The van der Waals surface area contributed by atoms with Crippen molar-refractivity contribution in [3.63, 3.8) is 0 Å². The molecule has 0 aliphatic heterocycles. The van der Waals surface area contributed by atoms with E-state index in [-0.39, 0.29) is 0 Å². The number of rotatable bonds is 34. The number of likely N-dealkylation sites (N-methyl/N-ethyl adjacent to an activating group) is 1. The molecule has 4 heteroatoms. The molecule has 0 unspecified atom stereocenters. The van der Waals surface area contributed by atoms with Crippen LogP contribution in [0.5, 0.6) is 0 Å². The van der Waals surface area contributed by atoms with Crippen LogP contribution in [0.15, 0.2) is 23.8 Å². The van der Waals surface area contributed by atoms with Crippen LogP contribution in [0.3, 0.4) is 0 Å². The number of unbranched alkanes of at least 4 members (excludes halogenated alkanes) is 15. The molecule has 0 saturated heterocycles. The minimum Gasteiger partial charge on any atom is -0.380 e. The molecule has 0 aromatic carbocycles. The van der Waals surface area contributed by atoms with E-state index >= 15 is 0 Å². The molecule has 60 heavy (non-hydrogen) atoms. The van der Waals surface area contributed by atoms with E-state index in [0.717, 1.165) is 75.0 Å². The first-order valence-corrected chi connectivity index (χ1v) is 26.9. The molecule has 3 fully saturated rings. The first-order valence-electron chi connectivity index (χ1n) is 26.9. The summed E-state index contributed by atoms with van der Waals surface area (Å²) in [6.45, 7) is 19.3. The van der Waals surface area contributed by atoms with E-state index in [9.17, 15) is 0 Å². The molecule has 0 heterocycles. The Morgan fingerprint density at radius 3 is 1.88 bits per heavy atom. The quantitative estimate of drug-likeness (QED) is 0.0477. The molecule has 4 rings (SSSR count). The zero-order valence-electron chi connectivity index (χ0n) is 41.6. The van der Waals surface area contributed by atoms with E-state index in [2.05, 4.69) is 78.8 Å². The van der Waals surface area contributed by atoms with Gasteiger partial charge >= 0.3 is 0 Å². The molecule has 0 spiro atoms. The van der Waals surface area contributed by atoms with E-state index in [1.165, 1.54) is 180 Å². The van der Waals surface area contributed by atoms with Gasteiger partial charge in [0.1, 0.15) is 0 Å². The molecule has 4 aliphatic carbocycles. The third-order valence-corrected chi connectivity index (χ3v) is 16.9. The Morgan fingerprint density at radius 1 is 0.667 bits per heavy atom. The number of allylic oxidation sites excluding steroid dienone is 3. The van der Waals surface area contributed by atoms with Gasteiger partial charge in [-0.15, -0.1) is 0 Å². The van der Waals surface area contributed by atoms with Crippen LogP contribution in [0.25, 0.3) is 0 Å². The van der Waals surface area contributed by atoms with Crippen molar-refractivity contribution < 1.29 is 14.2 Å². The highest BCUT2D eigenvalue weighted by Gasteiger charge is 2.59. The monoisotopic (exact) mass is 838 g/mol. The summed E-state index contributed by atoms with van der Waals surface area (Å²) in [6, 6.07) is 0.335. The number of hydrogen-bond acceptors (Lipinski definition) is 4. The number of fused-ring (bicyclic) bond motifs is 5. The van der Waals surface area contributed by atoms with Crippen molar-refractivity contribution in [3.8, 4) is 0 Å². The van der Waals surface area contributed by atoms with Crippen LogP contribution in [-0.4, -0.2) is 64.2 Å². The molecule has 0 aromatic heterocycles. The highest BCUT2D eigenvalue weighted by molar-refractivity contribution is 5.25. The fraction of sp³-hybridized carbons (Fsp3) is 0.929. The molecule has 4 aliphatic rings. The second-order valence-electron chi connectivity index (χ2n) is 22.1. The minimum absolute atomic E-state index is 0.335. The Morgan fingerprint density at radius 2 is 1.27 bits per heavy atom. The summed E-state index contributed by atoms with van der Waals surface area (Å²) in [5.74, 6) is 5.48. The van der Waals surface area contributed by atoms with Crippen LogP contribution in [0, 0.1) is 46.3 Å². The SMILES string of the molecule is CCCCCCCC/C=C\CCCCCCCCOC[C@H](COCCCCCCO[C@H]1CC[C@@]2(C)C(=CC[C@H]3[C@@H]4CC[C@H]([C@H](C)CCCC(C)C)[C@@]4(C)CC[C@@H]32)C1)N(C)C. The lowest BCUT2D eigenvalue weighted by atomic mass is 9.47. The van der Waals surface area contributed by atoms with Crippen molar-refractivity contribution in [1.29, 1.82) is 0 Å². The zero-order chi connectivity index (χ0) is 43.1. The maximum Gasteiger partial charge on any atom is 0.0644 e. The lowest BCUT2D eigenvalue weighted by Crippen LogP contribution is -2.51. The predicted molar refractivity (Wildman–Crippen MR) is 260 cm³/mol. The van der Waals surface area contributed by atoms with Gasteiger partial charge in [0, 0.05) is 19.8 Å². The van der Waals surface area contributed by atoms with Gasteiger partial charge in [-0.05, 0) is 157 Å². The molecular weight excluding hydrogens is 735 g/mol. The highest BCUT2D eigenvalue weighted by atomic mass is 16.5. The van der Waals surface area contributed by atoms with Gasteiger partial charge in [-0.3, -0.25) is 0 Å². The van der Waals surface area contributed by atoms with Gasteiger partial charge in [0.2, 0.25) is 0 Å². The molecule has 0 bridgehead atoms. The average Bonchev–Trinajstić information content (AvgIpc) is 3.59. The van der Waals surface area contributed by atoms with Gasteiger partial charge < -0.3 is 19.1 Å². The van der Waals surface area contributed by atoms with Crippen LogP contribution in [0.2, 0.25) is 0 Å². The normalized spacial score (nSPS) is 28.9. The van der Waals surface area contributed by atoms with Crippen molar-refractivity contribution in [2.45, 2.75) is 240 Å². The van der Waals surface area contributed by atoms with Gasteiger partial charge in [-0.25, -0.2) is 0 Å². The van der Waals surface area contributed by atoms with Crippen LogP contribution in [0.1, 0.15) is 228 Å². The van der Waals surface area contributed by atoms with E-state index in [4.69, 9.17) is 14.2 Å². The van der Waals surface area contributed by atoms with E-state index < -0.39 is 0 Å². The largest absolute Gasteiger partial charge is 0.380 e. The first-order chi connectivity index (χ1) is 29.1. The fourth-order valence-electron chi connectivity index (χ4n) is 12.9. The summed E-state index contributed by atoms with van der Waals surface area (Å²) in [7, 11) is 4.31. The molecule has 3 saturated carbocycles. The molecule has 9 atom stereocenters. The van der Waals surface area contributed by atoms with E-state index in [1.54, 1.807) is 5.57 Å². The Labute approximate surface area is 375 Å². The molecule has 4 nitrogen and oxygen atoms in total. The summed E-state index contributed by atoms with van der Waals surface area (Å²) in [5, 5.41) is 0. The molecule has 0 aromatic rings. The summed E-state index contributed by atoms with van der Waals surface area (Å²) in [4.78, 5) is 2.26. The molecule has 350 valence electrons. The van der Waals surface area contributed by atoms with Crippen molar-refractivity contribution >= 4 is 0 Å². The standard InChI is InChI=1S/C56H103NO3/c1-9-10-11-12-13-14-15-16-17-18-19-20-21-22-23-26-40-58-44-49(57(7)8)45-59-41-27-24-25-28-42-60-50-36-38-55(5)48(43-50)32-33-51-53-35-34-52(47(4)31-29-30-46(2)3)56(53,6)39-37-54(51)55/h16-17,32,46-47,49-54H,9-15,18-31,33-45H2,1-8H3/b17-16-/t47-,49-,50+,51+,52-,53+,54+,55+,56-/m1/s1. The lowest BCUT2D eigenvalue weighted by Gasteiger charge is -2.58. The first kappa shape index (κ1) is 51.9. The minimum atomic E-state index is 0.335. The van der Waals surface area contributed by atoms with Gasteiger partial charge in [-0.1, -0.05) is 155 Å². The van der Waals surface area contributed by atoms with Gasteiger partial charge in [0.15, 0.2) is 0 Å². The lowest BCUT2D eigenvalue weighted by molar-refractivity contribution is -0.0641. The van der Waals surface area contributed by atoms with Gasteiger partial charge in [-0.2, -0.15) is 0 Å². The predicted octanol–water partition coefficient (Wildman–Crippen LogP) is 16.0. The van der Waals surface area contributed by atoms with Crippen molar-refractivity contribution in [1.82, 2.24) is 4.90 Å². The molecular formula is C56H103NO3. The number of ether oxygens (including phenoxy) is 3. The van der Waals surface area contributed by atoms with Crippen LogP contribution in [0.4, 0.5) is 0 Å². The van der Waals surface area contributed by atoms with E-state index in [0.29, 0.717) is 23.0 Å². The van der Waals surface area contributed by atoms with Crippen LogP contribution < -0.4 is 0 Å². The fourth-order valence-corrected chi connectivity index (χ4v) is 12.9. The second-order valence-corrected chi connectivity index (χ2v) is 22.1. The Kier molecular flexibility index (Phi) is 25.1. The zero-order valence-corrected chi connectivity index (χ0v) is 41.6. The summed E-state index contributed by atoms with van der Waals surface area (Å²) < 4.78 is 18.8. The maximum atomic E-state index is 6.59. The molecule has 0 N–H and O–H groups in total.